The van der Waals surface area contributed by atoms with Crippen LogP contribution in [0.25, 0.3) is 0 Å². The Morgan fingerprint density at radius 1 is 1.10 bits per heavy atom. The quantitative estimate of drug-likeness (QED) is 0.680. The highest BCUT2D eigenvalue weighted by molar-refractivity contribution is 7.91. The summed E-state index contributed by atoms with van der Waals surface area (Å²) in [4.78, 5) is 13.9. The van der Waals surface area contributed by atoms with Crippen LogP contribution in [-0.2, 0) is 14.8 Å². The molecule has 1 aromatic heterocycles. The molecule has 0 bridgehead atoms. The molecule has 0 N–H and O–H groups in total. The topological polar surface area (TPSA) is 66.9 Å². The highest BCUT2D eigenvalue weighted by Crippen LogP contribution is 2.37. The predicted molar refractivity (Wildman–Crippen MR) is 117 cm³/mol. The van der Waals surface area contributed by atoms with Crippen LogP contribution in [0, 0.1) is 17.8 Å². The molecule has 8 heteroatoms. The number of para-hydroxylation sites is 1. The van der Waals surface area contributed by atoms with Gasteiger partial charge in [-0.15, -0.1) is 11.3 Å². The molecule has 2 aliphatic rings. The van der Waals surface area contributed by atoms with Gasteiger partial charge in [0.2, 0.25) is 5.91 Å². The van der Waals surface area contributed by atoms with E-state index in [1.165, 1.54) is 11.3 Å². The normalized spacial score (nSPS) is 23.6. The van der Waals surface area contributed by atoms with Gasteiger partial charge < -0.3 is 9.64 Å². The van der Waals surface area contributed by atoms with Crippen molar-refractivity contribution in [3.63, 3.8) is 0 Å². The van der Waals surface area contributed by atoms with Gasteiger partial charge in [-0.3, -0.25) is 4.79 Å². The third-order valence-electron chi connectivity index (χ3n) is 6.34. The maximum atomic E-state index is 12.8. The fraction of sp³-hybridized carbons (Fsp3) is 0.500. The van der Waals surface area contributed by atoms with Crippen LogP contribution >= 0.6 is 11.3 Å². The van der Waals surface area contributed by atoms with Gasteiger partial charge in [0.25, 0.3) is 10.0 Å². The number of carbonyl (C=O) groups excluding carboxylic acids is 1. The molecule has 2 aliphatic heterocycles. The number of piperidine rings is 1. The molecule has 0 radical (unpaired) electrons. The Hall–Kier alpha value is -1.90. The number of hydrogen-bond acceptors (Lipinski definition) is 5. The van der Waals surface area contributed by atoms with Crippen molar-refractivity contribution in [2.24, 2.45) is 17.8 Å². The van der Waals surface area contributed by atoms with Gasteiger partial charge in [-0.05, 0) is 48.3 Å². The summed E-state index contributed by atoms with van der Waals surface area (Å²) < 4.78 is 33.7. The average Bonchev–Trinajstić information content (AvgIpc) is 3.44. The molecular formula is C22H28N2O4S2. The SMILES string of the molecule is CC(=O)N1C[C@@H](COc2ccccc2)[C@H](C2CCN(S(=O)(=O)c3cccs3)CC2)C1. The summed E-state index contributed by atoms with van der Waals surface area (Å²) in [6, 6.07) is 13.2. The highest BCUT2D eigenvalue weighted by Gasteiger charge is 2.41. The first-order valence-corrected chi connectivity index (χ1v) is 12.7. The van der Waals surface area contributed by atoms with E-state index < -0.39 is 10.0 Å². The molecule has 2 atom stereocenters. The van der Waals surface area contributed by atoms with Crippen molar-refractivity contribution in [1.82, 2.24) is 9.21 Å². The van der Waals surface area contributed by atoms with Crippen molar-refractivity contribution in [1.29, 1.82) is 0 Å². The van der Waals surface area contributed by atoms with Gasteiger partial charge in [0, 0.05) is 39.0 Å². The Morgan fingerprint density at radius 3 is 2.47 bits per heavy atom. The second-order valence-electron chi connectivity index (χ2n) is 8.15. The lowest BCUT2D eigenvalue weighted by Gasteiger charge is -2.35. The van der Waals surface area contributed by atoms with E-state index >= 15 is 0 Å². The van der Waals surface area contributed by atoms with Crippen LogP contribution in [0.15, 0.2) is 52.1 Å². The number of sulfonamides is 1. The van der Waals surface area contributed by atoms with Gasteiger partial charge in [0.05, 0.1) is 6.61 Å². The highest BCUT2D eigenvalue weighted by atomic mass is 32.2. The molecule has 0 unspecified atom stereocenters. The molecule has 3 heterocycles. The Morgan fingerprint density at radius 2 is 1.83 bits per heavy atom. The predicted octanol–water partition coefficient (Wildman–Crippen LogP) is 3.32. The molecule has 6 nitrogen and oxygen atoms in total. The molecule has 2 aromatic rings. The summed E-state index contributed by atoms with van der Waals surface area (Å²) in [6.07, 6.45) is 1.64. The van der Waals surface area contributed by atoms with E-state index in [0.29, 0.717) is 42.3 Å². The number of carbonyl (C=O) groups is 1. The maximum absolute atomic E-state index is 12.8. The van der Waals surface area contributed by atoms with Crippen molar-refractivity contribution >= 4 is 27.3 Å². The smallest absolute Gasteiger partial charge is 0.252 e. The summed E-state index contributed by atoms with van der Waals surface area (Å²) in [6.45, 7) is 4.71. The third kappa shape index (κ3) is 4.55. The minimum Gasteiger partial charge on any atom is -0.493 e. The molecule has 2 saturated heterocycles. The Bertz CT molecular complexity index is 939. The summed E-state index contributed by atoms with van der Waals surface area (Å²) in [5.74, 6) is 1.94. The number of likely N-dealkylation sites (tertiary alicyclic amines) is 1. The molecule has 4 rings (SSSR count). The van der Waals surface area contributed by atoms with Crippen LogP contribution < -0.4 is 4.74 Å². The lowest BCUT2D eigenvalue weighted by atomic mass is 9.79. The molecule has 0 saturated carbocycles. The number of nitrogens with zero attached hydrogens (tertiary/aromatic N) is 2. The van der Waals surface area contributed by atoms with Crippen LogP contribution in [0.4, 0.5) is 0 Å². The minimum absolute atomic E-state index is 0.0971. The van der Waals surface area contributed by atoms with Crippen LogP contribution in [0.3, 0.4) is 0 Å². The lowest BCUT2D eigenvalue weighted by Crippen LogP contribution is -2.41. The maximum Gasteiger partial charge on any atom is 0.252 e. The van der Waals surface area contributed by atoms with Crippen LogP contribution in [0.1, 0.15) is 19.8 Å². The number of amides is 1. The molecule has 30 heavy (non-hydrogen) atoms. The fourth-order valence-corrected chi connectivity index (χ4v) is 7.28. The molecule has 2 fully saturated rings. The second-order valence-corrected chi connectivity index (χ2v) is 11.3. The van der Waals surface area contributed by atoms with Gasteiger partial charge in [-0.2, -0.15) is 4.31 Å². The molecule has 0 aliphatic carbocycles. The van der Waals surface area contributed by atoms with Crippen molar-refractivity contribution in [2.75, 3.05) is 32.8 Å². The van der Waals surface area contributed by atoms with E-state index in [9.17, 15) is 13.2 Å². The van der Waals surface area contributed by atoms with Crippen LogP contribution in [-0.4, -0.2) is 56.3 Å². The zero-order chi connectivity index (χ0) is 21.1. The Labute approximate surface area is 182 Å². The van der Waals surface area contributed by atoms with Crippen LogP contribution in [0.5, 0.6) is 5.75 Å². The van der Waals surface area contributed by atoms with Crippen molar-refractivity contribution in [2.45, 2.75) is 24.0 Å². The lowest BCUT2D eigenvalue weighted by molar-refractivity contribution is -0.128. The minimum atomic E-state index is -3.39. The number of benzene rings is 1. The van der Waals surface area contributed by atoms with E-state index in [1.54, 1.807) is 28.7 Å². The van der Waals surface area contributed by atoms with E-state index in [1.807, 2.05) is 35.2 Å². The zero-order valence-electron chi connectivity index (χ0n) is 17.1. The Kier molecular flexibility index (Phi) is 6.46. The summed E-state index contributed by atoms with van der Waals surface area (Å²) in [5, 5.41) is 1.80. The molecule has 162 valence electrons. The van der Waals surface area contributed by atoms with Gasteiger partial charge in [0.15, 0.2) is 0 Å². The summed E-state index contributed by atoms with van der Waals surface area (Å²) in [7, 11) is -3.39. The van der Waals surface area contributed by atoms with E-state index in [-0.39, 0.29) is 11.8 Å². The first-order chi connectivity index (χ1) is 14.4. The zero-order valence-corrected chi connectivity index (χ0v) is 18.8. The van der Waals surface area contributed by atoms with E-state index in [2.05, 4.69) is 0 Å². The molecule has 0 spiro atoms. The number of thiophene rings is 1. The van der Waals surface area contributed by atoms with Gasteiger partial charge in [-0.25, -0.2) is 8.42 Å². The third-order valence-corrected chi connectivity index (χ3v) is 9.61. The van der Waals surface area contributed by atoms with Crippen molar-refractivity contribution in [3.05, 3.63) is 47.8 Å². The van der Waals surface area contributed by atoms with Crippen molar-refractivity contribution < 1.29 is 17.9 Å². The second kappa shape index (κ2) is 9.08. The average molecular weight is 449 g/mol. The van der Waals surface area contributed by atoms with Crippen molar-refractivity contribution in [3.8, 4) is 5.75 Å². The van der Waals surface area contributed by atoms with E-state index in [0.717, 1.165) is 25.1 Å². The number of hydrogen-bond donors (Lipinski definition) is 0. The Balaban J connectivity index is 1.40. The number of rotatable bonds is 6. The van der Waals surface area contributed by atoms with E-state index in [4.69, 9.17) is 4.74 Å². The molecular weight excluding hydrogens is 420 g/mol. The summed E-state index contributed by atoms with van der Waals surface area (Å²) >= 11 is 1.27. The standard InChI is InChI=1S/C22H28N2O4S2/c1-17(25)23-14-19(16-28-20-6-3-2-4-7-20)21(15-23)18-9-11-24(12-10-18)30(26,27)22-8-5-13-29-22/h2-8,13,18-19,21H,9-12,14-16H2,1H3/t19-,21-/m0/s1. The first-order valence-electron chi connectivity index (χ1n) is 10.4. The van der Waals surface area contributed by atoms with Gasteiger partial charge in [0.1, 0.15) is 9.96 Å². The van der Waals surface area contributed by atoms with Crippen LogP contribution in [0.2, 0.25) is 0 Å². The van der Waals surface area contributed by atoms with Gasteiger partial charge >= 0.3 is 0 Å². The monoisotopic (exact) mass is 448 g/mol. The largest absolute Gasteiger partial charge is 0.493 e. The summed E-state index contributed by atoms with van der Waals surface area (Å²) in [5.41, 5.74) is 0. The first kappa shape index (κ1) is 21.3. The fourth-order valence-electron chi connectivity index (χ4n) is 4.67. The molecule has 1 amide bonds. The van der Waals surface area contributed by atoms with Gasteiger partial charge in [-0.1, -0.05) is 24.3 Å². The number of ether oxygens (including phenoxy) is 1. The molecule has 1 aromatic carbocycles.